The van der Waals surface area contributed by atoms with E-state index in [4.69, 9.17) is 4.74 Å². The minimum atomic E-state index is -0.909. The van der Waals surface area contributed by atoms with E-state index in [9.17, 15) is 19.2 Å². The molecule has 1 aromatic rings. The highest BCUT2D eigenvalue weighted by Gasteiger charge is 2.28. The Balaban J connectivity index is 1.66. The number of imide groups is 1. The maximum atomic E-state index is 11.9. The van der Waals surface area contributed by atoms with E-state index in [-0.39, 0.29) is 37.7 Å². The summed E-state index contributed by atoms with van der Waals surface area (Å²) in [5.74, 6) is -1.24. The Kier molecular flexibility index (Phi) is 6.50. The maximum absolute atomic E-state index is 11.9. The summed E-state index contributed by atoms with van der Waals surface area (Å²) in [6.07, 6.45) is -0.600. The summed E-state index contributed by atoms with van der Waals surface area (Å²) >= 11 is 0. The monoisotopic (exact) mass is 347 g/mol. The highest BCUT2D eigenvalue weighted by atomic mass is 16.5. The molecule has 8 heteroatoms. The molecule has 0 unspecified atom stereocenters. The van der Waals surface area contributed by atoms with Crippen LogP contribution in [0.25, 0.3) is 0 Å². The zero-order valence-corrected chi connectivity index (χ0v) is 14.0. The third kappa shape index (κ3) is 5.59. The largest absolute Gasteiger partial charge is 0.453 e. The van der Waals surface area contributed by atoms with Crippen molar-refractivity contribution in [2.24, 2.45) is 0 Å². The van der Waals surface area contributed by atoms with Crippen LogP contribution in [0.5, 0.6) is 0 Å². The molecule has 2 N–H and O–H groups in total. The van der Waals surface area contributed by atoms with Crippen molar-refractivity contribution in [2.75, 3.05) is 13.1 Å². The van der Waals surface area contributed by atoms with E-state index >= 15 is 0 Å². The van der Waals surface area contributed by atoms with Gasteiger partial charge in [-0.15, -0.1) is 0 Å². The number of hydrogen-bond donors (Lipinski definition) is 2. The molecule has 8 nitrogen and oxygen atoms in total. The molecule has 0 radical (unpaired) electrons. The molecule has 0 saturated carbocycles. The van der Waals surface area contributed by atoms with Crippen LogP contribution in [0.3, 0.4) is 0 Å². The first-order valence-corrected chi connectivity index (χ1v) is 8.06. The average Bonchev–Trinajstić information content (AvgIpc) is 2.92. The number of carbonyl (C=O) groups is 4. The standard InChI is InChI=1S/C17H21N3O5/c1-12(16(23)18-10-13-6-3-2-4-7-13)25-15(22)8-5-9-20-14(21)11-19-17(20)24/h2-4,6-7,12H,5,8-11H2,1H3,(H,18,23)(H,19,24)/t12-/m1/s1. The molecule has 0 aromatic heterocycles. The van der Waals surface area contributed by atoms with E-state index in [1.54, 1.807) is 0 Å². The van der Waals surface area contributed by atoms with Crippen molar-refractivity contribution in [3.8, 4) is 0 Å². The smallest absolute Gasteiger partial charge is 0.324 e. The van der Waals surface area contributed by atoms with Gasteiger partial charge in [-0.05, 0) is 18.9 Å². The number of amides is 4. The van der Waals surface area contributed by atoms with Crippen molar-refractivity contribution in [2.45, 2.75) is 32.4 Å². The molecule has 1 saturated heterocycles. The van der Waals surface area contributed by atoms with Gasteiger partial charge in [-0.25, -0.2) is 4.79 Å². The first-order valence-electron chi connectivity index (χ1n) is 8.06. The zero-order valence-electron chi connectivity index (χ0n) is 14.0. The van der Waals surface area contributed by atoms with Crippen LogP contribution in [0.15, 0.2) is 30.3 Å². The van der Waals surface area contributed by atoms with Gasteiger partial charge in [0.25, 0.3) is 5.91 Å². The lowest BCUT2D eigenvalue weighted by molar-refractivity contribution is -0.155. The van der Waals surface area contributed by atoms with E-state index < -0.39 is 18.1 Å². The third-order valence-electron chi connectivity index (χ3n) is 3.69. The SMILES string of the molecule is C[C@@H](OC(=O)CCCN1C(=O)CNC1=O)C(=O)NCc1ccccc1. The molecule has 4 amide bonds. The van der Waals surface area contributed by atoms with Crippen LogP contribution < -0.4 is 10.6 Å². The average molecular weight is 347 g/mol. The Bertz CT molecular complexity index is 631. The van der Waals surface area contributed by atoms with Gasteiger partial charge in [-0.3, -0.25) is 19.3 Å². The van der Waals surface area contributed by atoms with Gasteiger partial charge in [0.2, 0.25) is 5.91 Å². The van der Waals surface area contributed by atoms with Crippen LogP contribution in [0.1, 0.15) is 25.3 Å². The topological polar surface area (TPSA) is 105 Å². The summed E-state index contributed by atoms with van der Waals surface area (Å²) in [4.78, 5) is 47.5. The second kappa shape index (κ2) is 8.81. The number of urea groups is 1. The fourth-order valence-corrected chi connectivity index (χ4v) is 2.30. The molecule has 1 aromatic carbocycles. The molecule has 25 heavy (non-hydrogen) atoms. The fraction of sp³-hybridized carbons (Fsp3) is 0.412. The molecule has 2 rings (SSSR count). The van der Waals surface area contributed by atoms with Gasteiger partial charge in [-0.1, -0.05) is 30.3 Å². The van der Waals surface area contributed by atoms with E-state index in [1.165, 1.54) is 6.92 Å². The Labute approximate surface area is 145 Å². The summed E-state index contributed by atoms with van der Waals surface area (Å²) in [7, 11) is 0. The number of hydrogen-bond acceptors (Lipinski definition) is 5. The predicted octanol–water partition coefficient (Wildman–Crippen LogP) is 0.567. The molecule has 0 spiro atoms. The van der Waals surface area contributed by atoms with Crippen molar-refractivity contribution < 1.29 is 23.9 Å². The fourth-order valence-electron chi connectivity index (χ4n) is 2.30. The van der Waals surface area contributed by atoms with Crippen LogP contribution >= 0.6 is 0 Å². The molecular formula is C17H21N3O5. The lowest BCUT2D eigenvalue weighted by Gasteiger charge is -2.15. The number of nitrogens with zero attached hydrogens (tertiary/aromatic N) is 1. The minimum Gasteiger partial charge on any atom is -0.453 e. The van der Waals surface area contributed by atoms with E-state index in [0.29, 0.717) is 6.54 Å². The Hall–Kier alpha value is -2.90. The van der Waals surface area contributed by atoms with Crippen LogP contribution in [0, 0.1) is 0 Å². The van der Waals surface area contributed by atoms with Gasteiger partial charge in [-0.2, -0.15) is 0 Å². The summed E-state index contributed by atoms with van der Waals surface area (Å²) in [6.45, 7) is 1.99. The third-order valence-corrected chi connectivity index (χ3v) is 3.69. The van der Waals surface area contributed by atoms with Gasteiger partial charge in [0.15, 0.2) is 6.10 Å². The molecule has 1 atom stereocenters. The number of rotatable bonds is 8. The molecule has 1 fully saturated rings. The van der Waals surface area contributed by atoms with Gasteiger partial charge >= 0.3 is 12.0 Å². The van der Waals surface area contributed by atoms with Gasteiger partial charge < -0.3 is 15.4 Å². The van der Waals surface area contributed by atoms with Crippen molar-refractivity contribution in [3.05, 3.63) is 35.9 Å². The van der Waals surface area contributed by atoms with E-state index in [2.05, 4.69) is 10.6 Å². The molecule has 134 valence electrons. The van der Waals surface area contributed by atoms with E-state index in [0.717, 1.165) is 10.5 Å². The summed E-state index contributed by atoms with van der Waals surface area (Å²) in [5, 5.41) is 5.10. The Morgan fingerprint density at radius 1 is 1.28 bits per heavy atom. The second-order valence-corrected chi connectivity index (χ2v) is 5.64. The number of nitrogens with one attached hydrogen (secondary N) is 2. The Morgan fingerprint density at radius 2 is 2.00 bits per heavy atom. The Morgan fingerprint density at radius 3 is 2.64 bits per heavy atom. The summed E-state index contributed by atoms with van der Waals surface area (Å²) in [5.41, 5.74) is 0.947. The molecule has 1 aliphatic rings. The quantitative estimate of drug-likeness (QED) is 0.528. The van der Waals surface area contributed by atoms with Crippen molar-refractivity contribution in [3.63, 3.8) is 0 Å². The van der Waals surface area contributed by atoms with E-state index in [1.807, 2.05) is 30.3 Å². The highest BCUT2D eigenvalue weighted by Crippen LogP contribution is 2.05. The molecular weight excluding hydrogens is 326 g/mol. The van der Waals surface area contributed by atoms with Crippen molar-refractivity contribution >= 4 is 23.8 Å². The van der Waals surface area contributed by atoms with Crippen LogP contribution in [0.4, 0.5) is 4.79 Å². The zero-order chi connectivity index (χ0) is 18.2. The number of ether oxygens (including phenoxy) is 1. The maximum Gasteiger partial charge on any atom is 0.324 e. The number of carbonyl (C=O) groups excluding carboxylic acids is 4. The molecule has 0 aliphatic carbocycles. The first kappa shape index (κ1) is 18.4. The van der Waals surface area contributed by atoms with Crippen LogP contribution in [0.2, 0.25) is 0 Å². The van der Waals surface area contributed by atoms with Crippen molar-refractivity contribution in [1.82, 2.24) is 15.5 Å². The summed E-state index contributed by atoms with van der Waals surface area (Å²) in [6, 6.07) is 8.94. The normalized spacial score (nSPS) is 14.8. The molecule has 1 heterocycles. The van der Waals surface area contributed by atoms with Gasteiger partial charge in [0.1, 0.15) is 0 Å². The van der Waals surface area contributed by atoms with Gasteiger partial charge in [0.05, 0.1) is 6.54 Å². The second-order valence-electron chi connectivity index (χ2n) is 5.64. The predicted molar refractivity (Wildman–Crippen MR) is 88.2 cm³/mol. The molecule has 0 bridgehead atoms. The van der Waals surface area contributed by atoms with Crippen LogP contribution in [-0.2, 0) is 25.7 Å². The molecule has 1 aliphatic heterocycles. The number of esters is 1. The summed E-state index contributed by atoms with van der Waals surface area (Å²) < 4.78 is 5.06. The highest BCUT2D eigenvalue weighted by molar-refractivity contribution is 6.01. The van der Waals surface area contributed by atoms with Crippen LogP contribution in [-0.4, -0.2) is 47.9 Å². The first-order chi connectivity index (χ1) is 12.0. The lowest BCUT2D eigenvalue weighted by atomic mass is 10.2. The minimum absolute atomic E-state index is 0.0120. The number of benzene rings is 1. The lowest BCUT2D eigenvalue weighted by Crippen LogP contribution is -2.36. The van der Waals surface area contributed by atoms with Crippen molar-refractivity contribution in [1.29, 1.82) is 0 Å². The van der Waals surface area contributed by atoms with Gasteiger partial charge in [0, 0.05) is 19.5 Å².